The lowest BCUT2D eigenvalue weighted by Crippen LogP contribution is -2.28. The van der Waals surface area contributed by atoms with E-state index in [0.717, 1.165) is 11.8 Å². The van der Waals surface area contributed by atoms with Crippen molar-refractivity contribution in [2.45, 2.75) is 11.3 Å². The highest BCUT2D eigenvalue weighted by Gasteiger charge is 2.17. The van der Waals surface area contributed by atoms with Gasteiger partial charge in [-0.15, -0.1) is 0 Å². The number of rotatable bonds is 8. The lowest BCUT2D eigenvalue weighted by Gasteiger charge is -2.10. The highest BCUT2D eigenvalue weighted by molar-refractivity contribution is 8.14. The molecule has 27 heavy (non-hydrogen) atoms. The molecule has 0 aliphatic heterocycles. The van der Waals surface area contributed by atoms with E-state index >= 15 is 0 Å². The molecule has 0 fully saturated rings. The summed E-state index contributed by atoms with van der Waals surface area (Å²) in [5.41, 5.74) is 5.80. The number of primary amides is 1. The minimum Gasteiger partial charge on any atom is -0.497 e. The molecule has 0 saturated heterocycles. The Kier molecular flexibility index (Phi) is 7.25. The molecule has 0 atom stereocenters. The Morgan fingerprint density at radius 1 is 1.04 bits per heavy atom. The Hall–Kier alpha value is -3.00. The zero-order chi connectivity index (χ0) is 19.8. The van der Waals surface area contributed by atoms with E-state index in [-0.39, 0.29) is 24.0 Å². The van der Waals surface area contributed by atoms with Crippen molar-refractivity contribution < 1.29 is 23.9 Å². The van der Waals surface area contributed by atoms with Crippen LogP contribution in [0.2, 0.25) is 0 Å². The van der Waals surface area contributed by atoms with Gasteiger partial charge in [-0.3, -0.25) is 14.4 Å². The molecule has 0 aliphatic rings. The number of thioether (sulfide) groups is 1. The molecule has 0 radical (unpaired) electrons. The third kappa shape index (κ3) is 5.75. The number of carbonyl (C=O) groups is 3. The first-order chi connectivity index (χ1) is 12.9. The molecule has 2 aromatic carbocycles. The van der Waals surface area contributed by atoms with Crippen LogP contribution in [0.1, 0.15) is 27.1 Å². The quantitative estimate of drug-likeness (QED) is 0.672. The van der Waals surface area contributed by atoms with Crippen LogP contribution >= 0.6 is 11.8 Å². The molecular formula is C19H20N2O5S. The van der Waals surface area contributed by atoms with Crippen LogP contribution in [0.15, 0.2) is 47.4 Å². The smallest absolute Gasteiger partial charge is 0.252 e. The summed E-state index contributed by atoms with van der Waals surface area (Å²) in [5.74, 6) is 0.113. The normalized spacial score (nSPS) is 10.1. The maximum Gasteiger partial charge on any atom is 0.252 e. The Labute approximate surface area is 161 Å². The molecule has 2 aromatic rings. The molecule has 7 nitrogen and oxygen atoms in total. The lowest BCUT2D eigenvalue weighted by molar-refractivity contribution is -0.117. The second-order valence-corrected chi connectivity index (χ2v) is 6.47. The number of hydrogen-bond donors (Lipinski definition) is 2. The van der Waals surface area contributed by atoms with Gasteiger partial charge in [-0.25, -0.2) is 0 Å². The van der Waals surface area contributed by atoms with Crippen molar-refractivity contribution in [2.24, 2.45) is 5.73 Å². The van der Waals surface area contributed by atoms with Gasteiger partial charge >= 0.3 is 0 Å². The Morgan fingerprint density at radius 2 is 1.67 bits per heavy atom. The van der Waals surface area contributed by atoms with E-state index in [2.05, 4.69) is 5.32 Å². The average Bonchev–Trinajstić information content (AvgIpc) is 2.67. The Morgan fingerprint density at radius 3 is 2.26 bits per heavy atom. The van der Waals surface area contributed by atoms with E-state index in [1.807, 2.05) is 0 Å². The molecule has 0 spiro atoms. The number of amides is 2. The summed E-state index contributed by atoms with van der Waals surface area (Å²) in [6, 6.07) is 11.6. The second-order valence-electron chi connectivity index (χ2n) is 5.46. The Bertz CT molecular complexity index is 831. The van der Waals surface area contributed by atoms with E-state index in [9.17, 15) is 14.4 Å². The summed E-state index contributed by atoms with van der Waals surface area (Å²) in [4.78, 5) is 36.3. The van der Waals surface area contributed by atoms with Gasteiger partial charge < -0.3 is 20.5 Å². The van der Waals surface area contributed by atoms with Gasteiger partial charge in [0.1, 0.15) is 11.5 Å². The number of nitrogens with two attached hydrogens (primary N) is 1. The van der Waals surface area contributed by atoms with Crippen LogP contribution in [0.3, 0.4) is 0 Å². The van der Waals surface area contributed by atoms with E-state index in [1.165, 1.54) is 14.2 Å². The Balaban J connectivity index is 2.19. The molecule has 3 N–H and O–H groups in total. The summed E-state index contributed by atoms with van der Waals surface area (Å²) < 4.78 is 10.4. The van der Waals surface area contributed by atoms with Gasteiger partial charge in [-0.1, -0.05) is 12.1 Å². The molecule has 0 saturated carbocycles. The van der Waals surface area contributed by atoms with Gasteiger partial charge in [0.25, 0.3) is 5.91 Å². The monoisotopic (exact) mass is 388 g/mol. The van der Waals surface area contributed by atoms with Crippen molar-refractivity contribution in [2.75, 3.05) is 20.8 Å². The molecule has 0 bridgehead atoms. The van der Waals surface area contributed by atoms with E-state index in [0.29, 0.717) is 27.5 Å². The van der Waals surface area contributed by atoms with Crippen LogP contribution in [-0.2, 0) is 4.79 Å². The van der Waals surface area contributed by atoms with Crippen molar-refractivity contribution in [1.29, 1.82) is 0 Å². The van der Waals surface area contributed by atoms with E-state index in [1.54, 1.807) is 42.5 Å². The SMILES string of the molecule is COc1cc(OC)cc(C(=O)Sc2ccccc2C(=O)NCCC(N)=O)c1. The molecule has 0 aliphatic carbocycles. The van der Waals surface area contributed by atoms with Crippen molar-refractivity contribution in [1.82, 2.24) is 5.32 Å². The van der Waals surface area contributed by atoms with Gasteiger partial charge in [0.2, 0.25) is 11.0 Å². The first-order valence-corrected chi connectivity index (χ1v) is 8.87. The average molecular weight is 388 g/mol. The summed E-state index contributed by atoms with van der Waals surface area (Å²) >= 11 is 0.927. The number of methoxy groups -OCH3 is 2. The predicted molar refractivity (Wildman–Crippen MR) is 102 cm³/mol. The van der Waals surface area contributed by atoms with Crippen LogP contribution in [0.5, 0.6) is 11.5 Å². The van der Waals surface area contributed by atoms with Crippen molar-refractivity contribution in [3.05, 3.63) is 53.6 Å². The highest BCUT2D eigenvalue weighted by Crippen LogP contribution is 2.30. The van der Waals surface area contributed by atoms with Gasteiger partial charge in [-0.05, 0) is 36.0 Å². The zero-order valence-corrected chi connectivity index (χ0v) is 15.8. The number of nitrogens with one attached hydrogen (secondary N) is 1. The lowest BCUT2D eigenvalue weighted by atomic mass is 10.2. The topological polar surface area (TPSA) is 108 Å². The zero-order valence-electron chi connectivity index (χ0n) is 15.0. The van der Waals surface area contributed by atoms with Crippen molar-refractivity contribution in [3.8, 4) is 11.5 Å². The van der Waals surface area contributed by atoms with Gasteiger partial charge in [-0.2, -0.15) is 0 Å². The molecule has 0 unspecified atom stereocenters. The molecule has 0 heterocycles. The maximum atomic E-state index is 12.7. The summed E-state index contributed by atoms with van der Waals surface area (Å²) in [7, 11) is 3.00. The fourth-order valence-electron chi connectivity index (χ4n) is 2.22. The van der Waals surface area contributed by atoms with Crippen LogP contribution in [0.25, 0.3) is 0 Å². The third-order valence-electron chi connectivity index (χ3n) is 3.58. The van der Waals surface area contributed by atoms with Crippen LogP contribution in [0.4, 0.5) is 0 Å². The van der Waals surface area contributed by atoms with E-state index in [4.69, 9.17) is 15.2 Å². The molecule has 8 heteroatoms. The van der Waals surface area contributed by atoms with Crippen LogP contribution in [0, 0.1) is 0 Å². The minimum atomic E-state index is -0.500. The summed E-state index contributed by atoms with van der Waals surface area (Å²) in [5, 5.41) is 2.36. The number of ether oxygens (including phenoxy) is 2. The highest BCUT2D eigenvalue weighted by atomic mass is 32.2. The summed E-state index contributed by atoms with van der Waals surface area (Å²) in [6.07, 6.45) is 0.0452. The fraction of sp³-hybridized carbons (Fsp3) is 0.211. The van der Waals surface area contributed by atoms with Crippen molar-refractivity contribution >= 4 is 28.7 Å². The molecule has 2 rings (SSSR count). The molecular weight excluding hydrogens is 368 g/mol. The number of carbonyl (C=O) groups excluding carboxylic acids is 3. The van der Waals surface area contributed by atoms with Crippen LogP contribution < -0.4 is 20.5 Å². The molecule has 2 amide bonds. The second kappa shape index (κ2) is 9.63. The third-order valence-corrected chi connectivity index (χ3v) is 4.58. The predicted octanol–water partition coefficient (Wildman–Crippen LogP) is 2.24. The minimum absolute atomic E-state index is 0.0452. The van der Waals surface area contributed by atoms with Gasteiger partial charge in [0.05, 0.1) is 19.8 Å². The van der Waals surface area contributed by atoms with Crippen LogP contribution in [-0.4, -0.2) is 37.7 Å². The first kappa shape index (κ1) is 20.3. The van der Waals surface area contributed by atoms with Crippen molar-refractivity contribution in [3.63, 3.8) is 0 Å². The number of benzene rings is 2. The summed E-state index contributed by atoms with van der Waals surface area (Å²) in [6.45, 7) is 0.133. The standard InChI is InChI=1S/C19H20N2O5S/c1-25-13-9-12(10-14(11-13)26-2)19(24)27-16-6-4-3-5-15(16)18(23)21-8-7-17(20)22/h3-6,9-11H,7-8H2,1-2H3,(H2,20,22)(H,21,23). The fourth-order valence-corrected chi connectivity index (χ4v) is 3.07. The first-order valence-electron chi connectivity index (χ1n) is 8.05. The van der Waals surface area contributed by atoms with Gasteiger partial charge in [0, 0.05) is 29.5 Å². The van der Waals surface area contributed by atoms with Gasteiger partial charge in [0.15, 0.2) is 0 Å². The molecule has 0 aromatic heterocycles. The maximum absolute atomic E-state index is 12.7. The molecule has 142 valence electrons. The largest absolute Gasteiger partial charge is 0.497 e. The van der Waals surface area contributed by atoms with E-state index < -0.39 is 5.91 Å². The number of hydrogen-bond acceptors (Lipinski definition) is 6.